The van der Waals surface area contributed by atoms with E-state index < -0.39 is 12.1 Å². The average Bonchev–Trinajstić information content (AvgIpc) is 2.30. The summed E-state index contributed by atoms with van der Waals surface area (Å²) in [5.74, 6) is -0.490. The fourth-order valence-corrected chi connectivity index (χ4v) is 2.79. The van der Waals surface area contributed by atoms with Crippen molar-refractivity contribution in [3.8, 4) is 5.75 Å². The quantitative estimate of drug-likeness (QED) is 0.795. The van der Waals surface area contributed by atoms with Gasteiger partial charge in [-0.25, -0.2) is 4.79 Å². The molecule has 2 N–H and O–H groups in total. The molecule has 0 spiro atoms. The lowest BCUT2D eigenvalue weighted by Crippen LogP contribution is -2.23. The smallest absolute Gasteiger partial charge is 0.344 e. The van der Waals surface area contributed by atoms with Gasteiger partial charge in [0.15, 0.2) is 6.10 Å². The second-order valence-corrected chi connectivity index (χ2v) is 5.48. The van der Waals surface area contributed by atoms with E-state index in [2.05, 4.69) is 37.2 Å². The molecule has 0 fully saturated rings. The molecule has 0 saturated carbocycles. The number of nitrogens with one attached hydrogen (secondary N) is 1. The van der Waals surface area contributed by atoms with Gasteiger partial charge in [-0.15, -0.1) is 0 Å². The first-order chi connectivity index (χ1) is 8.45. The highest BCUT2D eigenvalue weighted by Crippen LogP contribution is 2.35. The summed E-state index contributed by atoms with van der Waals surface area (Å²) in [5.41, 5.74) is 1.09. The molecule has 0 aliphatic carbocycles. The van der Waals surface area contributed by atoms with Crippen LogP contribution < -0.4 is 10.1 Å². The molecular formula is C12H15Br2NO3. The Morgan fingerprint density at radius 2 is 2.00 bits per heavy atom. The zero-order valence-electron chi connectivity index (χ0n) is 10.2. The lowest BCUT2D eigenvalue weighted by molar-refractivity contribution is -0.144. The van der Waals surface area contributed by atoms with Crippen molar-refractivity contribution in [2.75, 3.05) is 6.54 Å². The molecule has 100 valence electrons. The highest BCUT2D eigenvalue weighted by Gasteiger charge is 2.17. The van der Waals surface area contributed by atoms with Crippen LogP contribution in [0.15, 0.2) is 21.1 Å². The van der Waals surface area contributed by atoms with E-state index in [0.29, 0.717) is 5.75 Å². The Morgan fingerprint density at radius 3 is 2.44 bits per heavy atom. The summed E-state index contributed by atoms with van der Waals surface area (Å²) in [4.78, 5) is 10.8. The van der Waals surface area contributed by atoms with Gasteiger partial charge in [-0.2, -0.15) is 0 Å². The Kier molecular flexibility index (Phi) is 6.11. The topological polar surface area (TPSA) is 58.6 Å². The third-order valence-electron chi connectivity index (χ3n) is 2.28. The maximum atomic E-state index is 10.8. The average molecular weight is 381 g/mol. The number of carbonyl (C=O) groups is 1. The number of benzene rings is 1. The number of carboxylic acids is 1. The van der Waals surface area contributed by atoms with Gasteiger partial charge < -0.3 is 15.2 Å². The third-order valence-corrected chi connectivity index (χ3v) is 3.46. The standard InChI is InChI=1S/C12H15Br2NO3/c1-3-15-6-8-4-9(13)11(10(14)5-8)18-7(2)12(16)17/h4-5,7,15H,3,6H2,1-2H3,(H,16,17). The normalized spacial score (nSPS) is 12.2. The maximum absolute atomic E-state index is 10.8. The number of hydrogen-bond donors (Lipinski definition) is 2. The number of ether oxygens (including phenoxy) is 1. The molecule has 1 atom stereocenters. The van der Waals surface area contributed by atoms with Gasteiger partial charge in [0.25, 0.3) is 0 Å². The van der Waals surface area contributed by atoms with Crippen LogP contribution in [0.2, 0.25) is 0 Å². The highest BCUT2D eigenvalue weighted by atomic mass is 79.9. The van der Waals surface area contributed by atoms with Crippen molar-refractivity contribution in [2.45, 2.75) is 26.5 Å². The zero-order chi connectivity index (χ0) is 13.7. The molecule has 0 radical (unpaired) electrons. The van der Waals surface area contributed by atoms with Gasteiger partial charge in [0, 0.05) is 6.54 Å². The van der Waals surface area contributed by atoms with Gasteiger partial charge in [0.2, 0.25) is 0 Å². The van der Waals surface area contributed by atoms with E-state index in [9.17, 15) is 4.79 Å². The van der Waals surface area contributed by atoms with Gasteiger partial charge in [0.05, 0.1) is 8.95 Å². The Labute approximate surface area is 123 Å². The van der Waals surface area contributed by atoms with Crippen LogP contribution in [0, 0.1) is 0 Å². The SMILES string of the molecule is CCNCc1cc(Br)c(OC(C)C(=O)O)c(Br)c1. The Bertz CT molecular complexity index is 414. The first kappa shape index (κ1) is 15.5. The molecule has 1 aromatic rings. The van der Waals surface area contributed by atoms with Crippen LogP contribution in [-0.4, -0.2) is 23.7 Å². The van der Waals surface area contributed by atoms with E-state index >= 15 is 0 Å². The molecule has 1 aromatic carbocycles. The summed E-state index contributed by atoms with van der Waals surface area (Å²) in [7, 11) is 0. The molecule has 0 aliphatic heterocycles. The summed E-state index contributed by atoms with van der Waals surface area (Å²) >= 11 is 6.78. The zero-order valence-corrected chi connectivity index (χ0v) is 13.3. The second-order valence-electron chi connectivity index (χ2n) is 3.77. The number of halogens is 2. The number of hydrogen-bond acceptors (Lipinski definition) is 3. The lowest BCUT2D eigenvalue weighted by atomic mass is 10.2. The molecule has 0 aromatic heterocycles. The second kappa shape index (κ2) is 7.11. The molecule has 6 heteroatoms. The number of rotatable bonds is 6. The molecule has 0 saturated heterocycles. The van der Waals surface area contributed by atoms with E-state index in [0.717, 1.165) is 27.6 Å². The molecule has 0 heterocycles. The van der Waals surface area contributed by atoms with Gasteiger partial charge in [-0.05, 0) is 63.0 Å². The molecule has 1 rings (SSSR count). The summed E-state index contributed by atoms with van der Waals surface area (Å²) in [5, 5.41) is 12.1. The van der Waals surface area contributed by atoms with Gasteiger partial charge >= 0.3 is 5.97 Å². The minimum absolute atomic E-state index is 0.505. The summed E-state index contributed by atoms with van der Waals surface area (Å²) in [6, 6.07) is 3.83. The summed E-state index contributed by atoms with van der Waals surface area (Å²) in [6.07, 6.45) is -0.891. The number of aliphatic carboxylic acids is 1. The van der Waals surface area contributed by atoms with Crippen LogP contribution >= 0.6 is 31.9 Å². The minimum atomic E-state index is -0.995. The molecule has 0 bridgehead atoms. The fourth-order valence-electron chi connectivity index (χ4n) is 1.32. The van der Waals surface area contributed by atoms with Crippen LogP contribution in [0.4, 0.5) is 0 Å². The Hall–Kier alpha value is -0.590. The Morgan fingerprint density at radius 1 is 1.44 bits per heavy atom. The van der Waals surface area contributed by atoms with Crippen molar-refractivity contribution in [1.29, 1.82) is 0 Å². The molecule has 18 heavy (non-hydrogen) atoms. The molecule has 4 nitrogen and oxygen atoms in total. The van der Waals surface area contributed by atoms with Crippen LogP contribution in [0.3, 0.4) is 0 Å². The molecule has 0 aliphatic rings. The van der Waals surface area contributed by atoms with E-state index in [1.165, 1.54) is 6.92 Å². The molecular weight excluding hydrogens is 366 g/mol. The summed E-state index contributed by atoms with van der Waals surface area (Å²) < 4.78 is 6.85. The predicted octanol–water partition coefficient (Wildman–Crippen LogP) is 3.17. The Balaban J connectivity index is 2.90. The van der Waals surface area contributed by atoms with Crippen LogP contribution in [0.1, 0.15) is 19.4 Å². The van der Waals surface area contributed by atoms with E-state index in [4.69, 9.17) is 9.84 Å². The van der Waals surface area contributed by atoms with Crippen molar-refractivity contribution >= 4 is 37.8 Å². The third kappa shape index (κ3) is 4.26. The first-order valence-electron chi connectivity index (χ1n) is 5.53. The van der Waals surface area contributed by atoms with Crippen LogP contribution in [0.25, 0.3) is 0 Å². The van der Waals surface area contributed by atoms with Crippen LogP contribution in [0.5, 0.6) is 5.75 Å². The predicted molar refractivity (Wildman–Crippen MR) is 76.9 cm³/mol. The lowest BCUT2D eigenvalue weighted by Gasteiger charge is -2.15. The first-order valence-corrected chi connectivity index (χ1v) is 7.12. The molecule has 0 amide bonds. The number of carboxylic acid groups (broad SMARTS) is 1. The van der Waals surface area contributed by atoms with Gasteiger partial charge in [0.1, 0.15) is 5.75 Å². The van der Waals surface area contributed by atoms with E-state index in [1.54, 1.807) is 0 Å². The summed E-state index contributed by atoms with van der Waals surface area (Å²) in [6.45, 7) is 5.18. The molecule has 1 unspecified atom stereocenters. The van der Waals surface area contributed by atoms with Crippen LogP contribution in [-0.2, 0) is 11.3 Å². The van der Waals surface area contributed by atoms with Crippen molar-refractivity contribution in [3.63, 3.8) is 0 Å². The highest BCUT2D eigenvalue weighted by molar-refractivity contribution is 9.11. The van der Waals surface area contributed by atoms with E-state index in [-0.39, 0.29) is 0 Å². The van der Waals surface area contributed by atoms with Crippen molar-refractivity contribution < 1.29 is 14.6 Å². The van der Waals surface area contributed by atoms with Gasteiger partial charge in [-0.3, -0.25) is 0 Å². The maximum Gasteiger partial charge on any atom is 0.344 e. The van der Waals surface area contributed by atoms with Crippen molar-refractivity contribution in [1.82, 2.24) is 5.32 Å². The minimum Gasteiger partial charge on any atom is -0.479 e. The van der Waals surface area contributed by atoms with Crippen molar-refractivity contribution in [3.05, 3.63) is 26.6 Å². The largest absolute Gasteiger partial charge is 0.479 e. The van der Waals surface area contributed by atoms with E-state index in [1.807, 2.05) is 19.1 Å². The monoisotopic (exact) mass is 379 g/mol. The van der Waals surface area contributed by atoms with Crippen molar-refractivity contribution in [2.24, 2.45) is 0 Å². The van der Waals surface area contributed by atoms with Gasteiger partial charge in [-0.1, -0.05) is 6.92 Å². The fraction of sp³-hybridized carbons (Fsp3) is 0.417.